The minimum atomic E-state index is -4.63. The largest absolute Gasteiger partial charge is 0.497 e. The lowest BCUT2D eigenvalue weighted by atomic mass is 10.1. The van der Waals surface area contributed by atoms with Gasteiger partial charge in [0.1, 0.15) is 22.9 Å². The molecule has 0 amide bonds. The van der Waals surface area contributed by atoms with Gasteiger partial charge in [-0.25, -0.2) is 9.97 Å². The smallest absolute Gasteiger partial charge is 0.451 e. The third kappa shape index (κ3) is 7.23. The summed E-state index contributed by atoms with van der Waals surface area (Å²) in [5, 5.41) is 0. The fraction of sp³-hybridized carbons (Fsp3) is 0.118. The Labute approximate surface area is 258 Å². The molecular weight excluding hydrogens is 614 g/mol. The highest BCUT2D eigenvalue weighted by Gasteiger charge is 2.41. The van der Waals surface area contributed by atoms with E-state index in [1.165, 1.54) is 38.5 Å². The Kier molecular flexibility index (Phi) is 9.17. The molecule has 2 aromatic heterocycles. The van der Waals surface area contributed by atoms with E-state index in [1.807, 2.05) is 0 Å². The minimum absolute atomic E-state index is 0.0660. The normalized spacial score (nSPS) is 11.5. The van der Waals surface area contributed by atoms with E-state index in [0.29, 0.717) is 33.8 Å². The zero-order chi connectivity index (χ0) is 32.9. The van der Waals surface area contributed by atoms with Crippen molar-refractivity contribution < 1.29 is 44.7 Å². The van der Waals surface area contributed by atoms with Crippen LogP contribution in [0.4, 0.5) is 26.3 Å². The van der Waals surface area contributed by atoms with E-state index in [0.717, 1.165) is 0 Å². The van der Waals surface area contributed by atoms with Crippen molar-refractivity contribution in [2.24, 2.45) is 0 Å². The average molecular weight is 639 g/mol. The second kappa shape index (κ2) is 13.2. The first-order valence-electron chi connectivity index (χ1n) is 13.5. The standard InChI is InChI=1S/2C17H12F3NO2/c2*1-22-13-9-7-11(8-10-13)14-15(17(18,19)20)23-16(21-14)12-5-3-2-4-6-12/h2*2-10H,1H3. The van der Waals surface area contributed by atoms with E-state index in [1.54, 1.807) is 84.9 Å². The molecule has 0 bridgehead atoms. The van der Waals surface area contributed by atoms with Crippen LogP contribution in [0.1, 0.15) is 11.5 Å². The maximum atomic E-state index is 13.3. The third-order valence-corrected chi connectivity index (χ3v) is 6.54. The summed E-state index contributed by atoms with van der Waals surface area (Å²) in [5.74, 6) is -1.25. The van der Waals surface area contributed by atoms with Gasteiger partial charge in [0.05, 0.1) is 14.2 Å². The minimum Gasteiger partial charge on any atom is -0.497 e. The Morgan fingerprint density at radius 1 is 0.457 bits per heavy atom. The molecule has 0 radical (unpaired) electrons. The monoisotopic (exact) mass is 638 g/mol. The molecule has 0 aliphatic rings. The Morgan fingerprint density at radius 3 is 1.07 bits per heavy atom. The fourth-order valence-corrected chi connectivity index (χ4v) is 4.32. The molecule has 0 fully saturated rings. The Bertz CT molecular complexity index is 1730. The second-order valence-corrected chi connectivity index (χ2v) is 9.58. The van der Waals surface area contributed by atoms with Crippen molar-refractivity contribution in [2.45, 2.75) is 12.4 Å². The summed E-state index contributed by atoms with van der Waals surface area (Å²) in [6.45, 7) is 0. The van der Waals surface area contributed by atoms with Gasteiger partial charge in [-0.15, -0.1) is 0 Å². The zero-order valence-corrected chi connectivity index (χ0v) is 24.2. The first-order chi connectivity index (χ1) is 22.0. The fourth-order valence-electron chi connectivity index (χ4n) is 4.32. The van der Waals surface area contributed by atoms with E-state index in [4.69, 9.17) is 18.3 Å². The number of nitrogens with zero attached hydrogens (tertiary/aromatic N) is 2. The predicted octanol–water partition coefficient (Wildman–Crippen LogP) is 10.1. The van der Waals surface area contributed by atoms with Crippen molar-refractivity contribution in [3.05, 3.63) is 121 Å². The van der Waals surface area contributed by atoms with Crippen LogP contribution in [-0.4, -0.2) is 24.2 Å². The van der Waals surface area contributed by atoms with Crippen LogP contribution in [0.2, 0.25) is 0 Å². The topological polar surface area (TPSA) is 70.5 Å². The maximum absolute atomic E-state index is 13.3. The van der Waals surface area contributed by atoms with Crippen molar-refractivity contribution in [1.29, 1.82) is 0 Å². The predicted molar refractivity (Wildman–Crippen MR) is 158 cm³/mol. The summed E-state index contributed by atoms with van der Waals surface area (Å²) in [4.78, 5) is 8.09. The highest BCUT2D eigenvalue weighted by atomic mass is 19.4. The van der Waals surface area contributed by atoms with Crippen LogP contribution < -0.4 is 9.47 Å². The molecule has 4 aromatic carbocycles. The van der Waals surface area contributed by atoms with Crippen LogP contribution in [0.25, 0.3) is 45.4 Å². The molecular formula is C34H24F6N2O4. The first-order valence-corrected chi connectivity index (χ1v) is 13.5. The number of hydrogen-bond acceptors (Lipinski definition) is 6. The maximum Gasteiger partial charge on any atom is 0.451 e. The molecule has 0 aliphatic heterocycles. The van der Waals surface area contributed by atoms with E-state index in [-0.39, 0.29) is 23.2 Å². The summed E-state index contributed by atoms with van der Waals surface area (Å²) >= 11 is 0. The highest BCUT2D eigenvalue weighted by molar-refractivity contribution is 5.68. The molecule has 0 spiro atoms. The first kappa shape index (κ1) is 31.9. The molecule has 0 atom stereocenters. The number of oxazole rings is 2. The van der Waals surface area contributed by atoms with Crippen molar-refractivity contribution >= 4 is 0 Å². The van der Waals surface area contributed by atoms with Crippen molar-refractivity contribution in [3.63, 3.8) is 0 Å². The Morgan fingerprint density at radius 2 is 0.783 bits per heavy atom. The molecule has 0 aliphatic carbocycles. The summed E-state index contributed by atoms with van der Waals surface area (Å²) in [7, 11) is 2.97. The van der Waals surface area contributed by atoms with Crippen LogP contribution in [0.5, 0.6) is 11.5 Å². The number of rotatable bonds is 6. The molecule has 6 aromatic rings. The van der Waals surface area contributed by atoms with Gasteiger partial charge in [-0.3, -0.25) is 0 Å². The number of alkyl halides is 6. The molecule has 6 rings (SSSR count). The van der Waals surface area contributed by atoms with Gasteiger partial charge in [-0.05, 0) is 72.8 Å². The van der Waals surface area contributed by atoms with Crippen LogP contribution in [0.3, 0.4) is 0 Å². The number of aromatic nitrogens is 2. The molecule has 0 saturated heterocycles. The molecule has 0 saturated carbocycles. The molecule has 2 heterocycles. The summed E-state index contributed by atoms with van der Waals surface area (Å²) in [6, 6.07) is 29.3. The number of halogens is 6. The quantitative estimate of drug-likeness (QED) is 0.169. The van der Waals surface area contributed by atoms with E-state index < -0.39 is 23.9 Å². The van der Waals surface area contributed by atoms with E-state index in [2.05, 4.69) is 9.97 Å². The summed E-state index contributed by atoms with van der Waals surface area (Å²) in [6.07, 6.45) is -9.26. The number of hydrogen-bond donors (Lipinski definition) is 0. The molecule has 12 heteroatoms. The van der Waals surface area contributed by atoms with Gasteiger partial charge >= 0.3 is 12.4 Å². The number of ether oxygens (including phenoxy) is 2. The van der Waals surface area contributed by atoms with Gasteiger partial charge < -0.3 is 18.3 Å². The average Bonchev–Trinajstić information content (AvgIpc) is 3.73. The lowest BCUT2D eigenvalue weighted by molar-refractivity contribution is -0.152. The second-order valence-electron chi connectivity index (χ2n) is 9.58. The molecule has 236 valence electrons. The zero-order valence-electron chi connectivity index (χ0n) is 24.2. The number of methoxy groups -OCH3 is 2. The molecule has 6 nitrogen and oxygen atoms in total. The van der Waals surface area contributed by atoms with E-state index in [9.17, 15) is 26.3 Å². The van der Waals surface area contributed by atoms with Crippen molar-refractivity contribution in [1.82, 2.24) is 9.97 Å². The molecule has 0 unspecified atom stereocenters. The molecule has 0 N–H and O–H groups in total. The van der Waals surface area contributed by atoms with Crippen LogP contribution >= 0.6 is 0 Å². The Balaban J connectivity index is 0.000000181. The van der Waals surface area contributed by atoms with Gasteiger partial charge in [0.15, 0.2) is 0 Å². The molecule has 46 heavy (non-hydrogen) atoms. The van der Waals surface area contributed by atoms with Crippen molar-refractivity contribution in [3.8, 4) is 56.9 Å². The van der Waals surface area contributed by atoms with Gasteiger partial charge in [0.2, 0.25) is 23.3 Å². The lowest BCUT2D eigenvalue weighted by Gasteiger charge is -2.05. The summed E-state index contributed by atoms with van der Waals surface area (Å²) < 4.78 is 99.5. The van der Waals surface area contributed by atoms with Crippen LogP contribution in [0, 0.1) is 0 Å². The van der Waals surface area contributed by atoms with Crippen molar-refractivity contribution in [2.75, 3.05) is 14.2 Å². The van der Waals surface area contributed by atoms with E-state index >= 15 is 0 Å². The lowest BCUT2D eigenvalue weighted by Crippen LogP contribution is -2.05. The van der Waals surface area contributed by atoms with Crippen LogP contribution in [-0.2, 0) is 12.4 Å². The van der Waals surface area contributed by atoms with Crippen LogP contribution in [0.15, 0.2) is 118 Å². The SMILES string of the molecule is COc1ccc(-c2nc(-c3ccccc3)oc2C(F)(F)F)cc1.COc1ccc(-c2nc(-c3ccccc3)oc2C(F)(F)F)cc1. The van der Waals surface area contributed by atoms with Gasteiger partial charge in [-0.2, -0.15) is 26.3 Å². The van der Waals surface area contributed by atoms with Gasteiger partial charge in [0, 0.05) is 22.3 Å². The summed E-state index contributed by atoms with van der Waals surface area (Å²) in [5.41, 5.74) is 1.11. The highest BCUT2D eigenvalue weighted by Crippen LogP contribution is 2.41. The Hall–Kier alpha value is -5.52. The third-order valence-electron chi connectivity index (χ3n) is 6.54. The van der Waals surface area contributed by atoms with Gasteiger partial charge in [0.25, 0.3) is 0 Å². The van der Waals surface area contributed by atoms with Gasteiger partial charge in [-0.1, -0.05) is 36.4 Å². The number of benzene rings is 4.